The van der Waals surface area contributed by atoms with Crippen molar-refractivity contribution in [3.63, 3.8) is 0 Å². The Morgan fingerprint density at radius 1 is 1.09 bits per heavy atom. The molecular weight excluding hydrogens is 416 g/mol. The summed E-state index contributed by atoms with van der Waals surface area (Å²) >= 11 is 0. The largest absolute Gasteiger partial charge is 0.480 e. The zero-order valence-corrected chi connectivity index (χ0v) is 19.2. The molecule has 0 spiro atoms. The first-order chi connectivity index (χ1) is 16.0. The lowest BCUT2D eigenvalue weighted by Crippen LogP contribution is -2.38. The number of aliphatic carboxylic acids is 1. The molecule has 2 aliphatic heterocycles. The van der Waals surface area contributed by atoms with Crippen molar-refractivity contribution in [2.24, 2.45) is 5.10 Å². The molecule has 1 saturated heterocycles. The second-order valence-electron chi connectivity index (χ2n) is 8.79. The average molecular weight is 449 g/mol. The SMILES string of the molecule is CCC1c2cc(NC(=O)c3ccc(C=NN4CCCCC4)cc3)ccc2CCN1CC(=O)O. The van der Waals surface area contributed by atoms with Crippen LogP contribution in [-0.4, -0.2) is 59.3 Å². The van der Waals surface area contributed by atoms with Gasteiger partial charge in [-0.2, -0.15) is 5.10 Å². The number of nitrogens with zero attached hydrogens (tertiary/aromatic N) is 3. The number of hydrogen-bond acceptors (Lipinski definition) is 5. The van der Waals surface area contributed by atoms with Crippen LogP contribution in [0.1, 0.15) is 65.7 Å². The van der Waals surface area contributed by atoms with Gasteiger partial charge in [-0.3, -0.25) is 19.5 Å². The summed E-state index contributed by atoms with van der Waals surface area (Å²) in [5, 5.41) is 18.9. The summed E-state index contributed by atoms with van der Waals surface area (Å²) in [5.41, 5.74) is 4.61. The zero-order chi connectivity index (χ0) is 23.2. The first-order valence-corrected chi connectivity index (χ1v) is 11.8. The van der Waals surface area contributed by atoms with E-state index in [2.05, 4.69) is 22.4 Å². The van der Waals surface area contributed by atoms with Crippen LogP contribution in [-0.2, 0) is 11.2 Å². The number of rotatable bonds is 7. The van der Waals surface area contributed by atoms with Crippen LogP contribution in [0.25, 0.3) is 0 Å². The average Bonchev–Trinajstić information content (AvgIpc) is 2.83. The number of hydrazone groups is 1. The zero-order valence-electron chi connectivity index (χ0n) is 19.2. The van der Waals surface area contributed by atoms with Crippen molar-refractivity contribution in [2.45, 2.75) is 45.1 Å². The lowest BCUT2D eigenvalue weighted by Gasteiger charge is -2.36. The maximum Gasteiger partial charge on any atom is 0.317 e. The minimum atomic E-state index is -0.814. The molecule has 0 bridgehead atoms. The molecule has 4 rings (SSSR count). The van der Waals surface area contributed by atoms with Gasteiger partial charge in [0.2, 0.25) is 0 Å². The van der Waals surface area contributed by atoms with Crippen molar-refractivity contribution in [2.75, 3.05) is 31.5 Å². The molecule has 0 aliphatic carbocycles. The Labute approximate surface area is 195 Å². The van der Waals surface area contributed by atoms with Gasteiger partial charge in [-0.15, -0.1) is 0 Å². The van der Waals surface area contributed by atoms with Crippen LogP contribution in [0.4, 0.5) is 5.69 Å². The van der Waals surface area contributed by atoms with E-state index in [1.54, 1.807) is 0 Å². The van der Waals surface area contributed by atoms with Crippen LogP contribution in [0, 0.1) is 0 Å². The van der Waals surface area contributed by atoms with E-state index < -0.39 is 5.97 Å². The number of carboxylic acid groups (broad SMARTS) is 1. The number of benzene rings is 2. The molecule has 2 aromatic carbocycles. The summed E-state index contributed by atoms with van der Waals surface area (Å²) < 4.78 is 0. The second kappa shape index (κ2) is 10.6. The van der Waals surface area contributed by atoms with Crippen LogP contribution >= 0.6 is 0 Å². The molecule has 2 heterocycles. The van der Waals surface area contributed by atoms with E-state index in [9.17, 15) is 14.7 Å². The number of carbonyl (C=O) groups excluding carboxylic acids is 1. The van der Waals surface area contributed by atoms with E-state index in [0.29, 0.717) is 5.56 Å². The maximum atomic E-state index is 12.8. The number of fused-ring (bicyclic) bond motifs is 1. The van der Waals surface area contributed by atoms with Gasteiger partial charge in [0.15, 0.2) is 0 Å². The number of carbonyl (C=O) groups is 2. The number of amides is 1. The van der Waals surface area contributed by atoms with Crippen molar-refractivity contribution in [1.82, 2.24) is 9.91 Å². The quantitative estimate of drug-likeness (QED) is 0.622. The third-order valence-corrected chi connectivity index (χ3v) is 6.47. The normalized spacial score (nSPS) is 18.8. The topological polar surface area (TPSA) is 85.2 Å². The van der Waals surface area contributed by atoms with Gasteiger partial charge in [0, 0.05) is 36.9 Å². The fraction of sp³-hybridized carbons (Fsp3) is 0.423. The second-order valence-corrected chi connectivity index (χ2v) is 8.79. The van der Waals surface area contributed by atoms with Gasteiger partial charge < -0.3 is 10.4 Å². The highest BCUT2D eigenvalue weighted by molar-refractivity contribution is 6.04. The van der Waals surface area contributed by atoms with Gasteiger partial charge in [-0.25, -0.2) is 0 Å². The Balaban J connectivity index is 1.42. The fourth-order valence-corrected chi connectivity index (χ4v) is 4.73. The highest BCUT2D eigenvalue weighted by Crippen LogP contribution is 2.33. The smallest absolute Gasteiger partial charge is 0.317 e. The molecule has 1 atom stereocenters. The molecular formula is C26H32N4O3. The van der Waals surface area contributed by atoms with Gasteiger partial charge in [-0.1, -0.05) is 25.1 Å². The van der Waals surface area contributed by atoms with Crippen LogP contribution in [0.2, 0.25) is 0 Å². The van der Waals surface area contributed by atoms with E-state index in [1.165, 1.54) is 24.8 Å². The van der Waals surface area contributed by atoms with E-state index in [0.717, 1.165) is 49.3 Å². The first-order valence-electron chi connectivity index (χ1n) is 11.8. The summed E-state index contributed by atoms with van der Waals surface area (Å²) in [4.78, 5) is 26.1. The molecule has 174 valence electrons. The molecule has 2 aliphatic rings. The lowest BCUT2D eigenvalue weighted by atomic mass is 9.90. The minimum Gasteiger partial charge on any atom is -0.480 e. The molecule has 33 heavy (non-hydrogen) atoms. The Morgan fingerprint density at radius 2 is 1.85 bits per heavy atom. The standard InChI is InChI=1S/C26H32N4O3/c1-2-24-23-16-22(11-10-20(23)12-15-29(24)18-25(31)32)28-26(33)21-8-6-19(7-9-21)17-27-30-13-4-3-5-14-30/h6-11,16-17,24H,2-5,12-15,18H2,1H3,(H,28,33)(H,31,32). The van der Waals surface area contributed by atoms with Crippen LogP contribution in [0.3, 0.4) is 0 Å². The third-order valence-electron chi connectivity index (χ3n) is 6.47. The highest BCUT2D eigenvalue weighted by Gasteiger charge is 2.27. The summed E-state index contributed by atoms with van der Waals surface area (Å²) in [6.45, 7) is 4.84. The van der Waals surface area contributed by atoms with Gasteiger partial charge >= 0.3 is 5.97 Å². The molecule has 0 radical (unpaired) electrons. The summed E-state index contributed by atoms with van der Waals surface area (Å²) in [6.07, 6.45) is 7.14. The maximum absolute atomic E-state index is 12.8. The van der Waals surface area contributed by atoms with Gasteiger partial charge in [0.05, 0.1) is 12.8 Å². The van der Waals surface area contributed by atoms with Gasteiger partial charge in [0.25, 0.3) is 5.91 Å². The predicted octanol–water partition coefficient (Wildman–Crippen LogP) is 4.15. The third kappa shape index (κ3) is 5.79. The molecule has 1 fully saturated rings. The highest BCUT2D eigenvalue weighted by atomic mass is 16.4. The Morgan fingerprint density at radius 3 is 2.55 bits per heavy atom. The fourth-order valence-electron chi connectivity index (χ4n) is 4.73. The van der Waals surface area contributed by atoms with Crippen LogP contribution in [0.5, 0.6) is 0 Å². The summed E-state index contributed by atoms with van der Waals surface area (Å²) in [7, 11) is 0. The van der Waals surface area contributed by atoms with Crippen molar-refractivity contribution in [3.05, 3.63) is 64.7 Å². The first kappa shape index (κ1) is 23.0. The molecule has 0 aromatic heterocycles. The van der Waals surface area contributed by atoms with Crippen molar-refractivity contribution < 1.29 is 14.7 Å². The number of nitrogens with one attached hydrogen (secondary N) is 1. The van der Waals surface area contributed by atoms with Crippen molar-refractivity contribution in [1.29, 1.82) is 0 Å². The molecule has 7 heteroatoms. The number of anilines is 1. The summed E-state index contributed by atoms with van der Waals surface area (Å²) in [6, 6.07) is 13.5. The predicted molar refractivity (Wildman–Crippen MR) is 130 cm³/mol. The number of hydrogen-bond donors (Lipinski definition) is 2. The van der Waals surface area contributed by atoms with E-state index >= 15 is 0 Å². The lowest BCUT2D eigenvalue weighted by molar-refractivity contribution is -0.139. The molecule has 2 N–H and O–H groups in total. The Kier molecular flexibility index (Phi) is 7.40. The van der Waals surface area contributed by atoms with Crippen molar-refractivity contribution in [3.8, 4) is 0 Å². The van der Waals surface area contributed by atoms with E-state index in [-0.39, 0.29) is 18.5 Å². The summed E-state index contributed by atoms with van der Waals surface area (Å²) in [5.74, 6) is -0.980. The molecule has 0 saturated carbocycles. The minimum absolute atomic E-state index is 0.0297. The van der Waals surface area contributed by atoms with Crippen LogP contribution in [0.15, 0.2) is 47.6 Å². The van der Waals surface area contributed by atoms with Crippen LogP contribution < -0.4 is 5.32 Å². The van der Waals surface area contributed by atoms with Crippen molar-refractivity contribution >= 4 is 23.8 Å². The molecule has 1 unspecified atom stereocenters. The molecule has 1 amide bonds. The van der Waals surface area contributed by atoms with E-state index in [4.69, 9.17) is 0 Å². The molecule has 2 aromatic rings. The van der Waals surface area contributed by atoms with Gasteiger partial charge in [0.1, 0.15) is 0 Å². The number of carboxylic acids is 1. The Hall–Kier alpha value is -3.19. The van der Waals surface area contributed by atoms with Gasteiger partial charge in [-0.05, 0) is 73.1 Å². The monoisotopic (exact) mass is 448 g/mol. The molecule has 7 nitrogen and oxygen atoms in total. The van der Waals surface area contributed by atoms with E-state index in [1.807, 2.05) is 53.6 Å². The number of piperidine rings is 1. The Bertz CT molecular complexity index is 1010.